The molecule has 0 radical (unpaired) electrons. The van der Waals surface area contributed by atoms with Gasteiger partial charge in [-0.25, -0.2) is 4.39 Å². The molecule has 0 aliphatic rings. The maximum absolute atomic E-state index is 13.9. The summed E-state index contributed by atoms with van der Waals surface area (Å²) in [5, 5.41) is 8.46. The van der Waals surface area contributed by atoms with Crippen LogP contribution in [0.15, 0.2) is 30.3 Å². The van der Waals surface area contributed by atoms with E-state index in [0.717, 1.165) is 0 Å². The number of benzene rings is 1. The van der Waals surface area contributed by atoms with Crippen molar-refractivity contribution in [1.29, 1.82) is 0 Å². The van der Waals surface area contributed by atoms with Gasteiger partial charge >= 0.3 is 5.97 Å². The highest BCUT2D eigenvalue weighted by molar-refractivity contribution is 5.66. The van der Waals surface area contributed by atoms with Gasteiger partial charge in [0.1, 0.15) is 5.67 Å². The van der Waals surface area contributed by atoms with Crippen LogP contribution in [-0.2, 0) is 10.5 Å². The second-order valence-corrected chi connectivity index (χ2v) is 3.46. The lowest BCUT2D eigenvalue weighted by Crippen LogP contribution is -2.16. The molecule has 1 aromatic carbocycles. The van der Waals surface area contributed by atoms with Crippen molar-refractivity contribution in [3.63, 3.8) is 0 Å². The van der Waals surface area contributed by atoms with Gasteiger partial charge in [0.15, 0.2) is 0 Å². The topological polar surface area (TPSA) is 37.3 Å². The van der Waals surface area contributed by atoms with E-state index in [0.29, 0.717) is 5.56 Å². The first-order valence-electron chi connectivity index (χ1n) is 4.48. The predicted molar refractivity (Wildman–Crippen MR) is 51.8 cm³/mol. The van der Waals surface area contributed by atoms with Gasteiger partial charge in [0.2, 0.25) is 0 Å². The average molecular weight is 196 g/mol. The third-order valence-corrected chi connectivity index (χ3v) is 2.18. The van der Waals surface area contributed by atoms with E-state index in [9.17, 15) is 9.18 Å². The molecule has 14 heavy (non-hydrogen) atoms. The number of alkyl halides is 1. The van der Waals surface area contributed by atoms with Crippen molar-refractivity contribution in [3.05, 3.63) is 35.9 Å². The van der Waals surface area contributed by atoms with E-state index in [-0.39, 0.29) is 12.8 Å². The van der Waals surface area contributed by atoms with Crippen LogP contribution < -0.4 is 0 Å². The first-order valence-corrected chi connectivity index (χ1v) is 4.48. The van der Waals surface area contributed by atoms with Crippen LogP contribution in [0.4, 0.5) is 4.39 Å². The highest BCUT2D eigenvalue weighted by atomic mass is 19.1. The van der Waals surface area contributed by atoms with Crippen molar-refractivity contribution in [1.82, 2.24) is 0 Å². The molecule has 1 N–H and O–H groups in total. The van der Waals surface area contributed by atoms with Crippen LogP contribution >= 0.6 is 0 Å². The van der Waals surface area contributed by atoms with Crippen molar-refractivity contribution < 1.29 is 14.3 Å². The molecule has 0 aliphatic heterocycles. The summed E-state index contributed by atoms with van der Waals surface area (Å²) in [6.07, 6.45) is -0.145. The van der Waals surface area contributed by atoms with Crippen LogP contribution in [0.3, 0.4) is 0 Å². The summed E-state index contributed by atoms with van der Waals surface area (Å²) >= 11 is 0. The number of aliphatic carboxylic acids is 1. The molecule has 1 atom stereocenters. The Morgan fingerprint density at radius 3 is 2.50 bits per heavy atom. The van der Waals surface area contributed by atoms with Crippen LogP contribution in [0.5, 0.6) is 0 Å². The quantitative estimate of drug-likeness (QED) is 0.803. The Hall–Kier alpha value is -1.38. The second kappa shape index (κ2) is 4.22. The van der Waals surface area contributed by atoms with E-state index in [2.05, 4.69) is 0 Å². The van der Waals surface area contributed by atoms with E-state index in [1.807, 2.05) is 0 Å². The van der Waals surface area contributed by atoms with Crippen LogP contribution in [0.25, 0.3) is 0 Å². The normalized spacial score (nSPS) is 14.7. The number of rotatable bonds is 4. The third kappa shape index (κ3) is 2.83. The van der Waals surface area contributed by atoms with E-state index in [4.69, 9.17) is 5.11 Å². The van der Waals surface area contributed by atoms with E-state index in [1.54, 1.807) is 30.3 Å². The molecular formula is C11H13FO2. The molecule has 2 nitrogen and oxygen atoms in total. The minimum absolute atomic E-state index is 0.00630. The summed E-state index contributed by atoms with van der Waals surface area (Å²) in [7, 11) is 0. The molecule has 0 aromatic heterocycles. The summed E-state index contributed by atoms with van der Waals surface area (Å²) in [5.74, 6) is -0.968. The molecule has 76 valence electrons. The van der Waals surface area contributed by atoms with Crippen molar-refractivity contribution in [2.45, 2.75) is 25.4 Å². The van der Waals surface area contributed by atoms with Crippen LogP contribution in [0.2, 0.25) is 0 Å². The molecule has 0 saturated heterocycles. The monoisotopic (exact) mass is 196 g/mol. The maximum Gasteiger partial charge on any atom is 0.303 e. The molecule has 1 aromatic rings. The van der Waals surface area contributed by atoms with E-state index < -0.39 is 11.6 Å². The molecule has 0 bridgehead atoms. The van der Waals surface area contributed by atoms with E-state index in [1.165, 1.54) is 6.92 Å². The molecule has 0 amide bonds. The number of hydrogen-bond acceptors (Lipinski definition) is 1. The fourth-order valence-electron chi connectivity index (χ4n) is 1.27. The minimum Gasteiger partial charge on any atom is -0.481 e. The lowest BCUT2D eigenvalue weighted by Gasteiger charge is -2.19. The predicted octanol–water partition coefficient (Wildman–Crippen LogP) is 2.74. The number of hydrogen-bond donors (Lipinski definition) is 1. The van der Waals surface area contributed by atoms with Gasteiger partial charge in [-0.2, -0.15) is 0 Å². The third-order valence-electron chi connectivity index (χ3n) is 2.18. The molecule has 0 fully saturated rings. The number of halogens is 1. The Morgan fingerprint density at radius 2 is 2.00 bits per heavy atom. The Morgan fingerprint density at radius 1 is 1.43 bits per heavy atom. The van der Waals surface area contributed by atoms with E-state index >= 15 is 0 Å². The lowest BCUT2D eigenvalue weighted by molar-refractivity contribution is -0.137. The zero-order valence-corrected chi connectivity index (χ0v) is 8.03. The number of carboxylic acid groups (broad SMARTS) is 1. The van der Waals surface area contributed by atoms with Crippen LogP contribution in [0.1, 0.15) is 25.3 Å². The summed E-state index contributed by atoms with van der Waals surface area (Å²) in [4.78, 5) is 10.3. The van der Waals surface area contributed by atoms with Gasteiger partial charge in [0.05, 0.1) is 0 Å². The van der Waals surface area contributed by atoms with Gasteiger partial charge in [-0.1, -0.05) is 30.3 Å². The zero-order chi connectivity index (χ0) is 10.6. The van der Waals surface area contributed by atoms with Crippen molar-refractivity contribution in [2.75, 3.05) is 0 Å². The molecule has 0 saturated carbocycles. The first-order chi connectivity index (χ1) is 6.52. The second-order valence-electron chi connectivity index (χ2n) is 3.46. The van der Waals surface area contributed by atoms with Crippen molar-refractivity contribution >= 4 is 5.97 Å². The zero-order valence-electron chi connectivity index (χ0n) is 8.03. The molecule has 1 unspecified atom stereocenters. The molecule has 1 rings (SSSR count). The van der Waals surface area contributed by atoms with Crippen LogP contribution in [0, 0.1) is 0 Å². The van der Waals surface area contributed by atoms with Gasteiger partial charge in [0, 0.05) is 6.42 Å². The van der Waals surface area contributed by atoms with Crippen molar-refractivity contribution in [3.8, 4) is 0 Å². The lowest BCUT2D eigenvalue weighted by atomic mass is 9.93. The highest BCUT2D eigenvalue weighted by Crippen LogP contribution is 2.30. The molecule has 0 aliphatic carbocycles. The molecular weight excluding hydrogens is 183 g/mol. The van der Waals surface area contributed by atoms with Gasteiger partial charge < -0.3 is 5.11 Å². The summed E-state index contributed by atoms with van der Waals surface area (Å²) in [5.41, 5.74) is -1.03. The Kier molecular flexibility index (Phi) is 3.23. The molecule has 0 heterocycles. The minimum atomic E-state index is -1.56. The largest absolute Gasteiger partial charge is 0.481 e. The molecule has 0 spiro atoms. The fourth-order valence-corrected chi connectivity index (χ4v) is 1.27. The summed E-state index contributed by atoms with van der Waals surface area (Å²) in [6.45, 7) is 1.41. The van der Waals surface area contributed by atoms with Gasteiger partial charge in [-0.3, -0.25) is 4.79 Å². The first kappa shape index (κ1) is 10.7. The molecule has 3 heteroatoms. The number of carboxylic acids is 1. The number of carbonyl (C=O) groups is 1. The summed E-state index contributed by atoms with van der Waals surface area (Å²) in [6, 6.07) is 8.63. The Balaban J connectivity index is 2.70. The Labute approximate surface area is 82.4 Å². The Bertz CT molecular complexity index is 306. The van der Waals surface area contributed by atoms with Gasteiger partial charge in [-0.15, -0.1) is 0 Å². The van der Waals surface area contributed by atoms with Crippen molar-refractivity contribution in [2.24, 2.45) is 0 Å². The highest BCUT2D eigenvalue weighted by Gasteiger charge is 2.25. The SMILES string of the molecule is CC(F)(CCC(=O)O)c1ccccc1. The standard InChI is InChI=1S/C11H13FO2/c1-11(12,8-7-10(13)14)9-5-3-2-4-6-9/h2-6H,7-8H2,1H3,(H,13,14). The fraction of sp³-hybridized carbons (Fsp3) is 0.364. The summed E-state index contributed by atoms with van der Waals surface area (Å²) < 4.78 is 13.9. The average Bonchev–Trinajstić information content (AvgIpc) is 2.16. The van der Waals surface area contributed by atoms with Gasteiger partial charge in [-0.05, 0) is 18.9 Å². The smallest absolute Gasteiger partial charge is 0.303 e. The maximum atomic E-state index is 13.9. The van der Waals surface area contributed by atoms with Crippen LogP contribution in [-0.4, -0.2) is 11.1 Å². The van der Waals surface area contributed by atoms with Gasteiger partial charge in [0.25, 0.3) is 0 Å².